The first kappa shape index (κ1) is 28.7. The average molecular weight is 558 g/mol. The fourth-order valence-corrected chi connectivity index (χ4v) is 3.73. The topological polar surface area (TPSA) is 83.0 Å². The van der Waals surface area contributed by atoms with E-state index in [-0.39, 0.29) is 43.0 Å². The number of rotatable bonds is 10. The van der Waals surface area contributed by atoms with Crippen LogP contribution in [0.1, 0.15) is 40.0 Å². The summed E-state index contributed by atoms with van der Waals surface area (Å²) >= 11 is 0. The van der Waals surface area contributed by atoms with Gasteiger partial charge >= 0.3 is 15.5 Å². The van der Waals surface area contributed by atoms with Crippen LogP contribution in [-0.4, -0.2) is 70.1 Å². The number of guanidine groups is 1. The summed E-state index contributed by atoms with van der Waals surface area (Å²) in [5.41, 5.74) is -5.24. The molecule has 1 saturated heterocycles. The molecule has 7 nitrogen and oxygen atoms in total. The Hall–Kier alpha value is -0.340. The monoisotopic (exact) mass is 558 g/mol. The van der Waals surface area contributed by atoms with Gasteiger partial charge in [0.15, 0.2) is 5.96 Å². The van der Waals surface area contributed by atoms with Crippen molar-refractivity contribution in [2.24, 2.45) is 16.8 Å². The summed E-state index contributed by atoms with van der Waals surface area (Å²) in [4.78, 5) is 4.48. The Balaban J connectivity index is 0.00000784. The largest absolute Gasteiger partial charge is 0.511 e. The zero-order chi connectivity index (χ0) is 21.2. The van der Waals surface area contributed by atoms with Crippen molar-refractivity contribution in [1.82, 2.24) is 14.9 Å². The third-order valence-electron chi connectivity index (χ3n) is 4.27. The quantitative estimate of drug-likeness (QED) is 0.187. The molecule has 12 heteroatoms. The van der Waals surface area contributed by atoms with Gasteiger partial charge in [0.2, 0.25) is 0 Å². The molecule has 174 valence electrons. The van der Waals surface area contributed by atoms with Gasteiger partial charge in [0.1, 0.15) is 0 Å². The maximum absolute atomic E-state index is 12.6. The third kappa shape index (κ3) is 10.5. The van der Waals surface area contributed by atoms with Gasteiger partial charge in [-0.1, -0.05) is 13.8 Å². The summed E-state index contributed by atoms with van der Waals surface area (Å²) in [6.45, 7) is 9.12. The highest BCUT2D eigenvalue weighted by Crippen LogP contribution is 2.30. The number of aliphatic imine (C=N–C) groups is 1. The van der Waals surface area contributed by atoms with Crippen molar-refractivity contribution < 1.29 is 26.3 Å². The van der Waals surface area contributed by atoms with Crippen molar-refractivity contribution in [3.63, 3.8) is 0 Å². The molecule has 0 aromatic carbocycles. The number of piperidine rings is 1. The number of sulfonamides is 1. The molecule has 0 aromatic rings. The minimum absolute atomic E-state index is 0. The van der Waals surface area contributed by atoms with Gasteiger partial charge in [0.25, 0.3) is 0 Å². The molecule has 0 aliphatic carbocycles. The first-order valence-corrected chi connectivity index (χ1v) is 11.2. The highest BCUT2D eigenvalue weighted by molar-refractivity contribution is 14.0. The van der Waals surface area contributed by atoms with E-state index >= 15 is 0 Å². The Morgan fingerprint density at radius 2 is 1.86 bits per heavy atom. The van der Waals surface area contributed by atoms with E-state index in [1.807, 2.05) is 6.92 Å². The summed E-state index contributed by atoms with van der Waals surface area (Å²) in [6, 6.07) is 0. The standard InChI is InChI=1S/C17H33F3N4O3S.HI/c1-4-21-16(22-8-5-11-27-13-14(2)3)23-12-15-6-9-24(10-7-15)28(25,26)17(18,19)20;/h14-15H,4-13H2,1-3H3,(H2,21,22,23);1H. The Kier molecular flexibility index (Phi) is 13.7. The molecule has 29 heavy (non-hydrogen) atoms. The van der Waals surface area contributed by atoms with Gasteiger partial charge in [-0.3, -0.25) is 4.99 Å². The molecule has 0 unspecified atom stereocenters. The van der Waals surface area contributed by atoms with Crippen LogP contribution in [0.15, 0.2) is 4.99 Å². The van der Waals surface area contributed by atoms with Crippen molar-refractivity contribution in [3.8, 4) is 0 Å². The first-order chi connectivity index (χ1) is 13.1. The molecule has 2 N–H and O–H groups in total. The van der Waals surface area contributed by atoms with Crippen LogP contribution in [0.5, 0.6) is 0 Å². The normalized spacial score (nSPS) is 17.3. The van der Waals surface area contributed by atoms with Crippen LogP contribution in [0.2, 0.25) is 0 Å². The molecule has 1 heterocycles. The molecule has 1 aliphatic rings. The van der Waals surface area contributed by atoms with E-state index in [1.165, 1.54) is 0 Å². The second-order valence-electron chi connectivity index (χ2n) is 7.26. The van der Waals surface area contributed by atoms with Crippen LogP contribution in [0, 0.1) is 11.8 Å². The van der Waals surface area contributed by atoms with E-state index < -0.39 is 15.5 Å². The molecule has 1 aliphatic heterocycles. The molecule has 0 atom stereocenters. The van der Waals surface area contributed by atoms with E-state index in [9.17, 15) is 21.6 Å². The molecule has 0 radical (unpaired) electrons. The van der Waals surface area contributed by atoms with E-state index in [0.29, 0.717) is 55.3 Å². The second-order valence-corrected chi connectivity index (χ2v) is 9.19. The molecule has 0 spiro atoms. The molecule has 1 fully saturated rings. The predicted molar refractivity (Wildman–Crippen MR) is 119 cm³/mol. The van der Waals surface area contributed by atoms with Crippen molar-refractivity contribution in [3.05, 3.63) is 0 Å². The van der Waals surface area contributed by atoms with E-state index in [4.69, 9.17) is 4.74 Å². The Morgan fingerprint density at radius 3 is 2.38 bits per heavy atom. The summed E-state index contributed by atoms with van der Waals surface area (Å²) in [5, 5.41) is 6.33. The third-order valence-corrected chi connectivity index (χ3v) is 5.90. The smallest absolute Gasteiger partial charge is 0.381 e. The summed E-state index contributed by atoms with van der Waals surface area (Å²) in [6.07, 6.45) is 1.56. The van der Waals surface area contributed by atoms with Gasteiger partial charge in [-0.25, -0.2) is 8.42 Å². The number of ether oxygens (including phenoxy) is 1. The molecule has 1 rings (SSSR count). The van der Waals surface area contributed by atoms with Crippen molar-refractivity contribution in [2.75, 3.05) is 45.9 Å². The molecule has 0 amide bonds. The highest BCUT2D eigenvalue weighted by Gasteiger charge is 2.50. The van der Waals surface area contributed by atoms with Gasteiger partial charge in [-0.05, 0) is 38.0 Å². The van der Waals surface area contributed by atoms with Crippen LogP contribution < -0.4 is 10.6 Å². The lowest BCUT2D eigenvalue weighted by Crippen LogP contribution is -2.45. The fraction of sp³-hybridized carbons (Fsp3) is 0.941. The minimum atomic E-state index is -5.24. The number of hydrogen-bond acceptors (Lipinski definition) is 4. The van der Waals surface area contributed by atoms with Crippen LogP contribution in [0.3, 0.4) is 0 Å². The van der Waals surface area contributed by atoms with E-state index in [0.717, 1.165) is 13.0 Å². The van der Waals surface area contributed by atoms with E-state index in [2.05, 4.69) is 29.5 Å². The fourth-order valence-electron chi connectivity index (χ4n) is 2.74. The SMILES string of the molecule is CCNC(=NCC1CCN(S(=O)(=O)C(F)(F)F)CC1)NCCCOCC(C)C.I. The maximum atomic E-state index is 12.6. The summed E-state index contributed by atoms with van der Waals surface area (Å²) in [5.74, 6) is 1.21. The number of alkyl halides is 3. The molecule has 0 saturated carbocycles. The van der Waals surface area contributed by atoms with E-state index in [1.54, 1.807) is 0 Å². The summed E-state index contributed by atoms with van der Waals surface area (Å²) < 4.78 is 66.8. The van der Waals surface area contributed by atoms with Crippen molar-refractivity contribution >= 4 is 40.0 Å². The molecular formula is C17H34F3IN4O3S. The second kappa shape index (κ2) is 13.9. The number of halogens is 4. The number of nitrogens with zero attached hydrogens (tertiary/aromatic N) is 2. The van der Waals surface area contributed by atoms with Gasteiger partial charge < -0.3 is 15.4 Å². The Labute approximate surface area is 189 Å². The molecule has 0 aromatic heterocycles. The average Bonchev–Trinajstić information content (AvgIpc) is 2.61. The Bertz CT molecular complexity index is 581. The van der Waals surface area contributed by atoms with Crippen LogP contribution in [0.4, 0.5) is 13.2 Å². The minimum Gasteiger partial charge on any atom is -0.381 e. The van der Waals surface area contributed by atoms with Gasteiger partial charge in [0.05, 0.1) is 0 Å². The van der Waals surface area contributed by atoms with Crippen LogP contribution in [-0.2, 0) is 14.8 Å². The lowest BCUT2D eigenvalue weighted by atomic mass is 9.98. The summed E-state index contributed by atoms with van der Waals surface area (Å²) in [7, 11) is -5.23. The lowest BCUT2D eigenvalue weighted by Gasteiger charge is -2.30. The number of nitrogens with one attached hydrogen (secondary N) is 2. The zero-order valence-electron chi connectivity index (χ0n) is 17.3. The first-order valence-electron chi connectivity index (χ1n) is 9.74. The highest BCUT2D eigenvalue weighted by atomic mass is 127. The van der Waals surface area contributed by atoms with Crippen molar-refractivity contribution in [1.29, 1.82) is 0 Å². The number of hydrogen-bond donors (Lipinski definition) is 2. The van der Waals surface area contributed by atoms with Gasteiger partial charge in [-0.15, -0.1) is 24.0 Å². The lowest BCUT2D eigenvalue weighted by molar-refractivity contribution is -0.0496. The molecular weight excluding hydrogens is 524 g/mol. The van der Waals surface area contributed by atoms with Crippen LogP contribution in [0.25, 0.3) is 0 Å². The predicted octanol–water partition coefficient (Wildman–Crippen LogP) is 2.78. The Morgan fingerprint density at radius 1 is 1.24 bits per heavy atom. The molecule has 0 bridgehead atoms. The maximum Gasteiger partial charge on any atom is 0.511 e. The van der Waals surface area contributed by atoms with Crippen molar-refractivity contribution in [2.45, 2.75) is 45.5 Å². The van der Waals surface area contributed by atoms with Gasteiger partial charge in [0, 0.05) is 45.9 Å². The van der Waals surface area contributed by atoms with Crippen LogP contribution >= 0.6 is 24.0 Å². The van der Waals surface area contributed by atoms with Gasteiger partial charge in [-0.2, -0.15) is 17.5 Å². The zero-order valence-corrected chi connectivity index (χ0v) is 20.4.